The summed E-state index contributed by atoms with van der Waals surface area (Å²) in [6.07, 6.45) is 2.56. The van der Waals surface area contributed by atoms with E-state index in [4.69, 9.17) is 5.73 Å². The lowest BCUT2D eigenvalue weighted by Gasteiger charge is -2.08. The molecule has 16 heavy (non-hydrogen) atoms. The molecule has 2 aromatic rings. The molecule has 2 aromatic heterocycles. The second-order valence-electron chi connectivity index (χ2n) is 3.40. The van der Waals surface area contributed by atoms with E-state index in [0.717, 1.165) is 25.3 Å². The number of hydrogen-bond acceptors (Lipinski definition) is 3. The van der Waals surface area contributed by atoms with Gasteiger partial charge in [-0.05, 0) is 50.1 Å². The van der Waals surface area contributed by atoms with E-state index in [1.807, 2.05) is 18.2 Å². The summed E-state index contributed by atoms with van der Waals surface area (Å²) in [6.45, 7) is 0. The van der Waals surface area contributed by atoms with Gasteiger partial charge in [-0.1, -0.05) is 6.07 Å². The number of aromatic nitrogens is 1. The van der Waals surface area contributed by atoms with E-state index in [1.165, 1.54) is 0 Å². The van der Waals surface area contributed by atoms with Crippen LogP contribution in [0.3, 0.4) is 0 Å². The molecule has 0 aromatic carbocycles. The highest BCUT2D eigenvalue weighted by atomic mass is 79.9. The minimum Gasteiger partial charge on any atom is -0.323 e. The number of halogens is 2. The molecule has 0 aliphatic carbocycles. The summed E-state index contributed by atoms with van der Waals surface area (Å²) >= 11 is 8.59. The summed E-state index contributed by atoms with van der Waals surface area (Å²) in [5.41, 5.74) is 7.16. The Morgan fingerprint density at radius 3 is 2.75 bits per heavy atom. The molecule has 1 unspecified atom stereocenters. The maximum atomic E-state index is 6.14. The Hall–Kier alpha value is -0.230. The number of thiophene rings is 1. The first-order chi connectivity index (χ1) is 7.66. The molecule has 2 nitrogen and oxygen atoms in total. The maximum Gasteiger partial charge on any atom is 0.0843 e. The number of hydrogen-bond donors (Lipinski definition) is 1. The van der Waals surface area contributed by atoms with E-state index in [1.54, 1.807) is 17.5 Å². The molecule has 2 heterocycles. The van der Waals surface area contributed by atoms with E-state index in [-0.39, 0.29) is 6.04 Å². The van der Waals surface area contributed by atoms with Crippen LogP contribution in [-0.4, -0.2) is 4.98 Å². The van der Waals surface area contributed by atoms with Gasteiger partial charge in [0.2, 0.25) is 0 Å². The molecule has 0 bridgehead atoms. The van der Waals surface area contributed by atoms with Gasteiger partial charge in [0.15, 0.2) is 0 Å². The van der Waals surface area contributed by atoms with Crippen LogP contribution in [0.4, 0.5) is 0 Å². The smallest absolute Gasteiger partial charge is 0.0843 e. The van der Waals surface area contributed by atoms with Gasteiger partial charge in [-0.25, -0.2) is 0 Å². The van der Waals surface area contributed by atoms with E-state index in [2.05, 4.69) is 42.9 Å². The highest BCUT2D eigenvalue weighted by Gasteiger charge is 2.12. The predicted octanol–water partition coefficient (Wildman–Crippen LogP) is 3.91. The van der Waals surface area contributed by atoms with Gasteiger partial charge in [-0.3, -0.25) is 4.98 Å². The van der Waals surface area contributed by atoms with Gasteiger partial charge in [-0.2, -0.15) is 0 Å². The molecule has 0 saturated heterocycles. The van der Waals surface area contributed by atoms with Crippen LogP contribution in [0.25, 0.3) is 0 Å². The molecule has 1 atom stereocenters. The molecule has 0 radical (unpaired) electrons. The Morgan fingerprint density at radius 2 is 2.19 bits per heavy atom. The minimum absolute atomic E-state index is 0.00231. The minimum atomic E-state index is 0.00231. The Balaban J connectivity index is 2.11. The molecule has 0 fully saturated rings. The van der Waals surface area contributed by atoms with Gasteiger partial charge in [0, 0.05) is 33.7 Å². The summed E-state index contributed by atoms with van der Waals surface area (Å²) in [6, 6.07) is 7.95. The maximum absolute atomic E-state index is 6.14. The Labute approximate surface area is 115 Å². The van der Waals surface area contributed by atoms with Crippen molar-refractivity contribution in [3.8, 4) is 0 Å². The fraction of sp³-hybridized carbons (Fsp3) is 0.182. The molecule has 5 heteroatoms. The first-order valence-corrected chi connectivity index (χ1v) is 7.17. The zero-order valence-corrected chi connectivity index (χ0v) is 12.3. The molecule has 0 amide bonds. The van der Waals surface area contributed by atoms with Crippen LogP contribution in [0.1, 0.15) is 16.6 Å². The Morgan fingerprint density at radius 1 is 1.38 bits per heavy atom. The third-order valence-electron chi connectivity index (χ3n) is 2.18. The number of rotatable bonds is 3. The molecule has 84 valence electrons. The lowest BCUT2D eigenvalue weighted by molar-refractivity contribution is 0.720. The summed E-state index contributed by atoms with van der Waals surface area (Å²) in [4.78, 5) is 5.43. The van der Waals surface area contributed by atoms with Crippen LogP contribution in [-0.2, 0) is 6.42 Å². The van der Waals surface area contributed by atoms with Crippen molar-refractivity contribution in [3.05, 3.63) is 49.3 Å². The van der Waals surface area contributed by atoms with Gasteiger partial charge in [-0.15, -0.1) is 11.3 Å². The molecule has 0 saturated carbocycles. The lowest BCUT2D eigenvalue weighted by atomic mass is 10.1. The average molecular weight is 362 g/mol. The quantitative estimate of drug-likeness (QED) is 0.899. The van der Waals surface area contributed by atoms with Crippen LogP contribution in [0, 0.1) is 0 Å². The third kappa shape index (κ3) is 2.91. The van der Waals surface area contributed by atoms with Gasteiger partial charge in [0.1, 0.15) is 0 Å². The van der Waals surface area contributed by atoms with Crippen molar-refractivity contribution < 1.29 is 0 Å². The summed E-state index contributed by atoms with van der Waals surface area (Å²) in [7, 11) is 0. The molecule has 0 aliphatic rings. The summed E-state index contributed by atoms with van der Waals surface area (Å²) < 4.78 is 2.14. The molecule has 2 rings (SSSR count). The first kappa shape index (κ1) is 12.2. The monoisotopic (exact) mass is 360 g/mol. The molecule has 2 N–H and O–H groups in total. The van der Waals surface area contributed by atoms with Gasteiger partial charge >= 0.3 is 0 Å². The van der Waals surface area contributed by atoms with Crippen LogP contribution in [0.5, 0.6) is 0 Å². The standard InChI is InChI=1S/C11H10Br2N2S/c12-8-6-10(16-11(8)13)9(14)5-7-3-1-2-4-15-7/h1-4,6,9H,5,14H2. The van der Waals surface area contributed by atoms with Crippen LogP contribution < -0.4 is 5.73 Å². The van der Waals surface area contributed by atoms with Crippen LogP contribution >= 0.6 is 43.2 Å². The van der Waals surface area contributed by atoms with Crippen molar-refractivity contribution in [3.63, 3.8) is 0 Å². The summed E-state index contributed by atoms with van der Waals surface area (Å²) in [5, 5.41) is 0. The van der Waals surface area contributed by atoms with E-state index >= 15 is 0 Å². The van der Waals surface area contributed by atoms with E-state index in [0.29, 0.717) is 0 Å². The van der Waals surface area contributed by atoms with Crippen molar-refractivity contribution in [2.24, 2.45) is 5.73 Å². The number of pyridine rings is 1. The van der Waals surface area contributed by atoms with Crippen LogP contribution in [0.15, 0.2) is 38.7 Å². The van der Waals surface area contributed by atoms with Gasteiger partial charge < -0.3 is 5.73 Å². The van der Waals surface area contributed by atoms with E-state index in [9.17, 15) is 0 Å². The lowest BCUT2D eigenvalue weighted by Crippen LogP contribution is -2.12. The normalized spacial score (nSPS) is 12.7. The van der Waals surface area contributed by atoms with Crippen molar-refractivity contribution in [2.45, 2.75) is 12.5 Å². The van der Waals surface area contributed by atoms with E-state index < -0.39 is 0 Å². The molecule has 0 spiro atoms. The highest BCUT2D eigenvalue weighted by molar-refractivity contribution is 9.13. The van der Waals surface area contributed by atoms with Gasteiger partial charge in [0.25, 0.3) is 0 Å². The van der Waals surface area contributed by atoms with Crippen molar-refractivity contribution in [2.75, 3.05) is 0 Å². The number of nitrogens with zero attached hydrogens (tertiary/aromatic N) is 1. The fourth-order valence-corrected chi connectivity index (χ4v) is 3.48. The largest absolute Gasteiger partial charge is 0.323 e. The Kier molecular flexibility index (Phi) is 4.13. The molecule has 0 aliphatic heterocycles. The fourth-order valence-electron chi connectivity index (χ4n) is 1.39. The molecular formula is C11H10Br2N2S. The second kappa shape index (κ2) is 5.40. The SMILES string of the molecule is NC(Cc1ccccn1)c1cc(Br)c(Br)s1. The third-order valence-corrected chi connectivity index (χ3v) is 5.57. The molecular weight excluding hydrogens is 352 g/mol. The van der Waals surface area contributed by atoms with Crippen molar-refractivity contribution in [1.82, 2.24) is 4.98 Å². The summed E-state index contributed by atoms with van der Waals surface area (Å²) in [5.74, 6) is 0. The highest BCUT2D eigenvalue weighted by Crippen LogP contribution is 2.35. The van der Waals surface area contributed by atoms with Crippen molar-refractivity contribution in [1.29, 1.82) is 0 Å². The predicted molar refractivity (Wildman–Crippen MR) is 74.6 cm³/mol. The van der Waals surface area contributed by atoms with Gasteiger partial charge in [0.05, 0.1) is 3.79 Å². The number of nitrogens with two attached hydrogens (primary N) is 1. The second-order valence-corrected chi connectivity index (χ2v) is 6.66. The van der Waals surface area contributed by atoms with Crippen molar-refractivity contribution >= 4 is 43.2 Å². The average Bonchev–Trinajstić information content (AvgIpc) is 2.61. The zero-order valence-electron chi connectivity index (χ0n) is 8.36. The first-order valence-electron chi connectivity index (χ1n) is 4.77. The zero-order chi connectivity index (χ0) is 11.5. The van der Waals surface area contributed by atoms with Crippen LogP contribution in [0.2, 0.25) is 0 Å². The Bertz CT molecular complexity index is 451. The topological polar surface area (TPSA) is 38.9 Å².